The van der Waals surface area contributed by atoms with Gasteiger partial charge in [-0.25, -0.2) is 0 Å². The van der Waals surface area contributed by atoms with Gasteiger partial charge < -0.3 is 5.11 Å². The Morgan fingerprint density at radius 2 is 1.73 bits per heavy atom. The van der Waals surface area contributed by atoms with Crippen molar-refractivity contribution in [2.24, 2.45) is 46.8 Å². The van der Waals surface area contributed by atoms with Gasteiger partial charge in [-0.2, -0.15) is 0 Å². The van der Waals surface area contributed by atoms with Crippen LogP contribution in [0.4, 0.5) is 0 Å². The van der Waals surface area contributed by atoms with E-state index >= 15 is 0 Å². The van der Waals surface area contributed by atoms with Gasteiger partial charge in [-0.05, 0) is 85.4 Å². The smallest absolute Gasteiger partial charge is 0.0459 e. The van der Waals surface area contributed by atoms with E-state index in [0.717, 1.165) is 35.5 Å². The third-order valence-corrected chi connectivity index (χ3v) is 9.37. The molecular formula is C25H46O. The van der Waals surface area contributed by atoms with Crippen LogP contribution >= 0.6 is 0 Å². The zero-order chi connectivity index (χ0) is 18.7. The number of rotatable bonds is 8. The highest BCUT2D eigenvalue weighted by atomic mass is 16.3. The third kappa shape index (κ3) is 3.76. The van der Waals surface area contributed by atoms with Gasteiger partial charge in [-0.15, -0.1) is 0 Å². The molecule has 3 rings (SSSR count). The van der Waals surface area contributed by atoms with Gasteiger partial charge in [0.25, 0.3) is 0 Å². The van der Waals surface area contributed by atoms with E-state index in [1.54, 1.807) is 0 Å². The van der Waals surface area contributed by atoms with E-state index in [2.05, 4.69) is 27.7 Å². The topological polar surface area (TPSA) is 20.2 Å². The van der Waals surface area contributed by atoms with Crippen LogP contribution < -0.4 is 0 Å². The van der Waals surface area contributed by atoms with Gasteiger partial charge in [0.05, 0.1) is 0 Å². The van der Waals surface area contributed by atoms with Crippen molar-refractivity contribution in [1.29, 1.82) is 0 Å². The Morgan fingerprint density at radius 1 is 0.923 bits per heavy atom. The molecule has 0 radical (unpaired) electrons. The lowest BCUT2D eigenvalue weighted by Gasteiger charge is -2.55. The summed E-state index contributed by atoms with van der Waals surface area (Å²) in [6.07, 6.45) is 17.4. The van der Waals surface area contributed by atoms with Gasteiger partial charge in [-0.1, -0.05) is 66.2 Å². The molecule has 0 saturated heterocycles. The molecule has 0 aliphatic heterocycles. The highest BCUT2D eigenvalue weighted by Gasteiger charge is 2.56. The lowest BCUT2D eigenvalue weighted by atomic mass is 9.50. The lowest BCUT2D eigenvalue weighted by Crippen LogP contribution is -2.48. The summed E-state index contributed by atoms with van der Waals surface area (Å²) in [6.45, 7) is 10.0. The molecule has 152 valence electrons. The number of unbranched alkanes of at least 4 members (excludes halogenated alkanes) is 2. The molecule has 0 bridgehead atoms. The zero-order valence-corrected chi connectivity index (χ0v) is 18.2. The summed E-state index contributed by atoms with van der Waals surface area (Å²) in [7, 11) is 0. The van der Waals surface area contributed by atoms with Crippen molar-refractivity contribution in [3.63, 3.8) is 0 Å². The summed E-state index contributed by atoms with van der Waals surface area (Å²) < 4.78 is 0. The average Bonchev–Trinajstić information content (AvgIpc) is 3.00. The Kier molecular flexibility index (Phi) is 7.14. The number of hydrogen-bond donors (Lipinski definition) is 1. The molecule has 8 unspecified atom stereocenters. The van der Waals surface area contributed by atoms with Crippen LogP contribution in [0.1, 0.15) is 105 Å². The van der Waals surface area contributed by atoms with Gasteiger partial charge >= 0.3 is 0 Å². The van der Waals surface area contributed by atoms with Crippen LogP contribution in [0.2, 0.25) is 0 Å². The zero-order valence-electron chi connectivity index (χ0n) is 18.2. The van der Waals surface area contributed by atoms with E-state index in [9.17, 15) is 5.11 Å². The summed E-state index contributed by atoms with van der Waals surface area (Å²) in [5, 5.41) is 9.78. The minimum Gasteiger partial charge on any atom is -0.396 e. The van der Waals surface area contributed by atoms with Crippen LogP contribution in [0.5, 0.6) is 0 Å². The molecule has 3 fully saturated rings. The first-order valence-corrected chi connectivity index (χ1v) is 12.2. The number of hydrogen-bond acceptors (Lipinski definition) is 1. The second-order valence-corrected chi connectivity index (χ2v) is 10.6. The molecule has 0 heterocycles. The van der Waals surface area contributed by atoms with Crippen molar-refractivity contribution in [2.75, 3.05) is 6.61 Å². The Bertz CT molecular complexity index is 432. The largest absolute Gasteiger partial charge is 0.396 e. The molecule has 0 spiro atoms. The fraction of sp³-hybridized carbons (Fsp3) is 1.00. The maximum absolute atomic E-state index is 9.78. The van der Waals surface area contributed by atoms with Crippen LogP contribution in [0.15, 0.2) is 0 Å². The summed E-state index contributed by atoms with van der Waals surface area (Å²) in [5.74, 6) is 6.30. The molecule has 0 aromatic rings. The molecule has 26 heavy (non-hydrogen) atoms. The van der Waals surface area contributed by atoms with E-state index in [-0.39, 0.29) is 0 Å². The Balaban J connectivity index is 1.72. The molecule has 1 nitrogen and oxygen atoms in total. The monoisotopic (exact) mass is 362 g/mol. The van der Waals surface area contributed by atoms with E-state index in [4.69, 9.17) is 0 Å². The van der Waals surface area contributed by atoms with Gasteiger partial charge in [0.2, 0.25) is 0 Å². The van der Waals surface area contributed by atoms with Crippen LogP contribution in [-0.2, 0) is 0 Å². The number of aliphatic hydroxyl groups is 1. The standard InChI is InChI=1S/C25H46O/c1-5-7-8-10-19-11-12-22-21(20(19)9-6-2)15-16-25(4)23(18(3)17-26)13-14-24(22)25/h18-24,26H,5-17H2,1-4H3. The maximum atomic E-state index is 9.78. The molecular weight excluding hydrogens is 316 g/mol. The van der Waals surface area contributed by atoms with Gasteiger partial charge in [0.15, 0.2) is 0 Å². The molecule has 3 aliphatic carbocycles. The highest BCUT2D eigenvalue weighted by molar-refractivity contribution is 5.06. The summed E-state index contributed by atoms with van der Waals surface area (Å²) in [6, 6.07) is 0. The van der Waals surface area contributed by atoms with E-state index in [1.165, 1.54) is 77.0 Å². The molecule has 0 aromatic carbocycles. The van der Waals surface area contributed by atoms with Crippen LogP contribution in [0.3, 0.4) is 0 Å². The maximum Gasteiger partial charge on any atom is 0.0459 e. The fourth-order valence-corrected chi connectivity index (χ4v) is 8.13. The minimum absolute atomic E-state index is 0.388. The van der Waals surface area contributed by atoms with E-state index in [1.807, 2.05) is 0 Å². The van der Waals surface area contributed by atoms with Crippen molar-refractivity contribution in [2.45, 2.75) is 105 Å². The van der Waals surface area contributed by atoms with Crippen molar-refractivity contribution < 1.29 is 5.11 Å². The van der Waals surface area contributed by atoms with Gasteiger partial charge in [0, 0.05) is 6.61 Å². The Hall–Kier alpha value is -0.0400. The predicted octanol–water partition coefficient (Wildman–Crippen LogP) is 7.08. The highest BCUT2D eigenvalue weighted by Crippen LogP contribution is 2.64. The Labute approximate surface area is 163 Å². The van der Waals surface area contributed by atoms with Crippen molar-refractivity contribution >= 4 is 0 Å². The summed E-state index contributed by atoms with van der Waals surface area (Å²) in [4.78, 5) is 0. The molecule has 0 aromatic heterocycles. The fourth-order valence-electron chi connectivity index (χ4n) is 8.13. The molecule has 3 saturated carbocycles. The van der Waals surface area contributed by atoms with E-state index in [0.29, 0.717) is 17.9 Å². The molecule has 3 aliphatic rings. The normalized spacial score (nSPS) is 43.7. The van der Waals surface area contributed by atoms with Crippen molar-refractivity contribution in [3.8, 4) is 0 Å². The molecule has 1 N–H and O–H groups in total. The molecule has 1 heteroatoms. The Morgan fingerprint density at radius 3 is 2.42 bits per heavy atom. The first-order valence-electron chi connectivity index (χ1n) is 12.2. The first-order chi connectivity index (χ1) is 12.6. The quantitative estimate of drug-likeness (QED) is 0.457. The SMILES string of the molecule is CCCCCC1CCC2C(CCC3(C)C(C(C)CO)CCC23)C1CCC. The second-order valence-electron chi connectivity index (χ2n) is 10.6. The average molecular weight is 363 g/mol. The summed E-state index contributed by atoms with van der Waals surface area (Å²) in [5.41, 5.74) is 0.523. The molecule has 8 atom stereocenters. The van der Waals surface area contributed by atoms with Crippen LogP contribution in [0, 0.1) is 46.8 Å². The van der Waals surface area contributed by atoms with Crippen molar-refractivity contribution in [3.05, 3.63) is 0 Å². The van der Waals surface area contributed by atoms with Crippen molar-refractivity contribution in [1.82, 2.24) is 0 Å². The van der Waals surface area contributed by atoms with Gasteiger partial charge in [-0.3, -0.25) is 0 Å². The van der Waals surface area contributed by atoms with Crippen LogP contribution in [-0.4, -0.2) is 11.7 Å². The second kappa shape index (κ2) is 8.97. The molecule has 0 amide bonds. The minimum atomic E-state index is 0.388. The van der Waals surface area contributed by atoms with Crippen LogP contribution in [0.25, 0.3) is 0 Å². The lowest BCUT2D eigenvalue weighted by molar-refractivity contribution is -0.0656. The first kappa shape index (κ1) is 20.7. The van der Waals surface area contributed by atoms with E-state index < -0.39 is 0 Å². The number of fused-ring (bicyclic) bond motifs is 3. The predicted molar refractivity (Wildman–Crippen MR) is 112 cm³/mol. The third-order valence-electron chi connectivity index (χ3n) is 9.37. The van der Waals surface area contributed by atoms with Gasteiger partial charge in [0.1, 0.15) is 0 Å². The summed E-state index contributed by atoms with van der Waals surface area (Å²) >= 11 is 0. The number of aliphatic hydroxyl groups excluding tert-OH is 1.